The third kappa shape index (κ3) is 4.09. The first-order chi connectivity index (χ1) is 9.38. The third-order valence-corrected chi connectivity index (χ3v) is 2.90. The highest BCUT2D eigenvalue weighted by Gasteiger charge is 2.28. The van der Waals surface area contributed by atoms with E-state index < -0.39 is 41.7 Å². The molecule has 1 aromatic heterocycles. The van der Waals surface area contributed by atoms with Gasteiger partial charge < -0.3 is 5.32 Å². The van der Waals surface area contributed by atoms with E-state index in [0.29, 0.717) is 11.2 Å². The Morgan fingerprint density at radius 1 is 1.35 bits per heavy atom. The van der Waals surface area contributed by atoms with Crippen LogP contribution in [0, 0.1) is 0 Å². The van der Waals surface area contributed by atoms with Crippen molar-refractivity contribution >= 4 is 17.5 Å². The molecule has 1 amide bonds. The number of nitrogens with zero attached hydrogens (tertiary/aromatic N) is 2. The average Bonchev–Trinajstić information content (AvgIpc) is 2.66. The summed E-state index contributed by atoms with van der Waals surface area (Å²) in [4.78, 5) is 11.5. The van der Waals surface area contributed by atoms with Crippen molar-refractivity contribution in [3.05, 3.63) is 16.4 Å². The Kier molecular flexibility index (Phi) is 6.25. The predicted octanol–water partition coefficient (Wildman–Crippen LogP) is 3.33. The molecule has 4 nitrogen and oxygen atoms in total. The largest absolute Gasteiger partial charge is 0.354 e. The van der Waals surface area contributed by atoms with Gasteiger partial charge in [0.1, 0.15) is 17.9 Å². The highest BCUT2D eigenvalue weighted by Crippen LogP contribution is 2.34. The van der Waals surface area contributed by atoms with Gasteiger partial charge in [-0.1, -0.05) is 24.9 Å². The smallest absolute Gasteiger partial charge is 0.283 e. The van der Waals surface area contributed by atoms with Crippen LogP contribution >= 0.6 is 11.6 Å². The lowest BCUT2D eigenvalue weighted by molar-refractivity contribution is -0.121. The minimum Gasteiger partial charge on any atom is -0.354 e. The zero-order chi connectivity index (χ0) is 15.3. The van der Waals surface area contributed by atoms with Crippen molar-refractivity contribution in [2.45, 2.75) is 39.2 Å². The van der Waals surface area contributed by atoms with E-state index in [4.69, 9.17) is 11.6 Å². The summed E-state index contributed by atoms with van der Waals surface area (Å²) in [6, 6.07) is 0. The van der Waals surface area contributed by atoms with Crippen LogP contribution in [-0.4, -0.2) is 22.2 Å². The van der Waals surface area contributed by atoms with E-state index in [0.717, 1.165) is 12.8 Å². The maximum Gasteiger partial charge on any atom is 0.283 e. The van der Waals surface area contributed by atoms with Crippen LogP contribution in [0.2, 0.25) is 5.02 Å². The van der Waals surface area contributed by atoms with Crippen LogP contribution in [0.4, 0.5) is 17.6 Å². The molecule has 0 fully saturated rings. The van der Waals surface area contributed by atoms with Gasteiger partial charge in [-0.3, -0.25) is 9.48 Å². The molecule has 0 radical (unpaired) electrons. The van der Waals surface area contributed by atoms with E-state index in [1.165, 1.54) is 0 Å². The number of carbonyl (C=O) groups excluding carboxylic acids is 1. The minimum absolute atomic E-state index is 0.385. The fourth-order valence-corrected chi connectivity index (χ4v) is 1.84. The van der Waals surface area contributed by atoms with Gasteiger partial charge in [-0.05, 0) is 6.42 Å². The first-order valence-electron chi connectivity index (χ1n) is 5.97. The van der Waals surface area contributed by atoms with Gasteiger partial charge in [0.05, 0.1) is 5.02 Å². The lowest BCUT2D eigenvalue weighted by Gasteiger charge is -2.07. The topological polar surface area (TPSA) is 46.9 Å². The number of alkyl halides is 4. The zero-order valence-electron chi connectivity index (χ0n) is 10.7. The quantitative estimate of drug-likeness (QED) is 0.620. The maximum absolute atomic E-state index is 12.8. The van der Waals surface area contributed by atoms with Crippen molar-refractivity contribution in [2.24, 2.45) is 0 Å². The van der Waals surface area contributed by atoms with Crippen molar-refractivity contribution < 1.29 is 22.4 Å². The number of aromatic nitrogens is 2. The second kappa shape index (κ2) is 7.47. The first-order valence-corrected chi connectivity index (χ1v) is 6.35. The Hall–Kier alpha value is -1.31. The average molecular weight is 316 g/mol. The van der Waals surface area contributed by atoms with E-state index in [-0.39, 0.29) is 0 Å². The molecule has 0 aliphatic carbocycles. The van der Waals surface area contributed by atoms with Crippen LogP contribution in [0.15, 0.2) is 0 Å². The lowest BCUT2D eigenvalue weighted by atomic mass is 10.3. The second-order valence-electron chi connectivity index (χ2n) is 4.05. The summed E-state index contributed by atoms with van der Waals surface area (Å²) in [7, 11) is 0. The van der Waals surface area contributed by atoms with Gasteiger partial charge in [-0.2, -0.15) is 5.10 Å². The SMILES string of the molecule is CCCCNC(=O)Cn1nc(C(F)F)c(Cl)c1C(F)F. The second-order valence-corrected chi connectivity index (χ2v) is 4.42. The summed E-state index contributed by atoms with van der Waals surface area (Å²) in [5.74, 6) is -0.583. The zero-order valence-corrected chi connectivity index (χ0v) is 11.4. The fourth-order valence-electron chi connectivity index (χ4n) is 1.54. The first kappa shape index (κ1) is 16.7. The highest BCUT2D eigenvalue weighted by molar-refractivity contribution is 6.32. The maximum atomic E-state index is 12.8. The monoisotopic (exact) mass is 315 g/mol. The van der Waals surface area contributed by atoms with Crippen molar-refractivity contribution in [3.8, 4) is 0 Å². The summed E-state index contributed by atoms with van der Waals surface area (Å²) >= 11 is 5.45. The van der Waals surface area contributed by atoms with E-state index >= 15 is 0 Å². The molecule has 0 bridgehead atoms. The van der Waals surface area contributed by atoms with Crippen LogP contribution in [0.3, 0.4) is 0 Å². The number of rotatable bonds is 7. The molecule has 20 heavy (non-hydrogen) atoms. The van der Waals surface area contributed by atoms with Crippen LogP contribution in [0.25, 0.3) is 0 Å². The predicted molar refractivity (Wildman–Crippen MR) is 65.1 cm³/mol. The van der Waals surface area contributed by atoms with Crippen molar-refractivity contribution in [1.82, 2.24) is 15.1 Å². The third-order valence-electron chi connectivity index (χ3n) is 2.52. The molecule has 0 aliphatic rings. The van der Waals surface area contributed by atoms with E-state index in [1.54, 1.807) is 0 Å². The van der Waals surface area contributed by atoms with Crippen molar-refractivity contribution in [3.63, 3.8) is 0 Å². The van der Waals surface area contributed by atoms with Crippen molar-refractivity contribution in [1.29, 1.82) is 0 Å². The summed E-state index contributed by atoms with van der Waals surface area (Å²) in [5.41, 5.74) is -1.81. The molecular weight excluding hydrogens is 302 g/mol. The van der Waals surface area contributed by atoms with Gasteiger partial charge in [0.2, 0.25) is 5.91 Å². The normalized spacial score (nSPS) is 11.4. The molecule has 0 unspecified atom stereocenters. The molecule has 0 aliphatic heterocycles. The number of unbranched alkanes of at least 4 members (excludes halogenated alkanes) is 1. The van der Waals surface area contributed by atoms with Gasteiger partial charge >= 0.3 is 0 Å². The molecule has 0 spiro atoms. The summed E-state index contributed by atoms with van der Waals surface area (Å²) < 4.78 is 51.3. The van der Waals surface area contributed by atoms with Crippen LogP contribution in [-0.2, 0) is 11.3 Å². The van der Waals surface area contributed by atoms with Crippen molar-refractivity contribution in [2.75, 3.05) is 6.54 Å². The lowest BCUT2D eigenvalue weighted by Crippen LogP contribution is -2.29. The Bertz CT molecular complexity index is 465. The number of hydrogen-bond donors (Lipinski definition) is 1. The summed E-state index contributed by atoms with van der Waals surface area (Å²) in [6.07, 6.45) is -4.59. The molecule has 1 rings (SSSR count). The minimum atomic E-state index is -3.09. The van der Waals surface area contributed by atoms with Crippen LogP contribution in [0.1, 0.15) is 44.0 Å². The Labute approximate surface area is 118 Å². The van der Waals surface area contributed by atoms with Crippen LogP contribution < -0.4 is 5.32 Å². The Morgan fingerprint density at radius 2 is 2.00 bits per heavy atom. The number of hydrogen-bond acceptors (Lipinski definition) is 2. The van der Waals surface area contributed by atoms with E-state index in [2.05, 4.69) is 10.4 Å². The fraction of sp³-hybridized carbons (Fsp3) is 0.636. The molecule has 1 heterocycles. The molecule has 0 saturated carbocycles. The molecule has 9 heteroatoms. The Balaban J connectivity index is 2.88. The van der Waals surface area contributed by atoms with Gasteiger partial charge in [0, 0.05) is 6.54 Å². The molecule has 0 saturated heterocycles. The molecule has 114 valence electrons. The Morgan fingerprint density at radius 3 is 2.50 bits per heavy atom. The van der Waals surface area contributed by atoms with Gasteiger partial charge in [0.15, 0.2) is 0 Å². The molecule has 0 aromatic carbocycles. The standard InChI is InChI=1S/C11H14ClF4N3O/c1-2-3-4-17-6(20)5-19-9(11(15)16)7(12)8(18-19)10(13)14/h10-11H,2-5H2,1H3,(H,17,20). The van der Waals surface area contributed by atoms with Gasteiger partial charge in [-0.15, -0.1) is 0 Å². The molecule has 1 N–H and O–H groups in total. The molecule has 0 atom stereocenters. The molecule has 1 aromatic rings. The number of halogens is 5. The van der Waals surface area contributed by atoms with E-state index in [1.807, 2.05) is 6.92 Å². The van der Waals surface area contributed by atoms with Gasteiger partial charge in [-0.25, -0.2) is 17.6 Å². The molecular formula is C11H14ClF4N3O. The summed E-state index contributed by atoms with van der Waals surface area (Å²) in [6.45, 7) is 1.73. The highest BCUT2D eigenvalue weighted by atomic mass is 35.5. The summed E-state index contributed by atoms with van der Waals surface area (Å²) in [5, 5.41) is 4.98. The number of amides is 1. The van der Waals surface area contributed by atoms with Crippen LogP contribution in [0.5, 0.6) is 0 Å². The number of nitrogens with one attached hydrogen (secondary N) is 1. The number of carbonyl (C=O) groups is 1. The van der Waals surface area contributed by atoms with E-state index in [9.17, 15) is 22.4 Å². The van der Waals surface area contributed by atoms with Gasteiger partial charge in [0.25, 0.3) is 12.9 Å².